The van der Waals surface area contributed by atoms with Crippen LogP contribution in [0.2, 0.25) is 0 Å². The van der Waals surface area contributed by atoms with Gasteiger partial charge in [0.2, 0.25) is 0 Å². The fraction of sp³-hybridized carbons (Fsp3) is 0.333. The molecule has 0 spiro atoms. The molecular weight excluding hydrogens is 250 g/mol. The third-order valence-corrected chi connectivity index (χ3v) is 3.82. The van der Waals surface area contributed by atoms with Gasteiger partial charge in [-0.15, -0.1) is 0 Å². The lowest BCUT2D eigenvalue weighted by Crippen LogP contribution is -2.34. The highest BCUT2D eigenvalue weighted by Crippen LogP contribution is 2.18. The Labute approximate surface area is 110 Å². The Kier molecular flexibility index (Phi) is 4.09. The van der Waals surface area contributed by atoms with E-state index in [1.807, 2.05) is 11.8 Å². The largest absolute Gasteiger partial charge is 0.351 e. The zero-order valence-corrected chi connectivity index (χ0v) is 10.6. The molecule has 96 valence electrons. The molecule has 18 heavy (non-hydrogen) atoms. The van der Waals surface area contributed by atoms with Crippen molar-refractivity contribution >= 4 is 29.4 Å². The minimum atomic E-state index is -0.639. The fourth-order valence-corrected chi connectivity index (χ4v) is 2.95. The van der Waals surface area contributed by atoms with Crippen molar-refractivity contribution in [1.29, 1.82) is 0 Å². The first-order chi connectivity index (χ1) is 8.65. The Morgan fingerprint density at radius 3 is 2.89 bits per heavy atom. The fourth-order valence-electron chi connectivity index (χ4n) is 1.80. The van der Waals surface area contributed by atoms with Crippen molar-refractivity contribution in [3.63, 3.8) is 0 Å². The van der Waals surface area contributed by atoms with E-state index in [2.05, 4.69) is 10.6 Å². The van der Waals surface area contributed by atoms with Crippen molar-refractivity contribution in [1.82, 2.24) is 5.32 Å². The van der Waals surface area contributed by atoms with Gasteiger partial charge < -0.3 is 16.4 Å². The molecule has 0 radical (unpaired) electrons. The summed E-state index contributed by atoms with van der Waals surface area (Å²) in [6.07, 6.45) is 1.01. The average molecular weight is 265 g/mol. The summed E-state index contributed by atoms with van der Waals surface area (Å²) in [6.45, 7) is 0. The lowest BCUT2D eigenvalue weighted by molar-refractivity contribution is 0.0941. The molecule has 1 saturated heterocycles. The number of nitrogens with one attached hydrogen (secondary N) is 2. The van der Waals surface area contributed by atoms with E-state index in [4.69, 9.17) is 5.73 Å². The predicted octanol–water partition coefficient (Wildman–Crippen LogP) is 1.41. The van der Waals surface area contributed by atoms with Crippen LogP contribution in [0.5, 0.6) is 0 Å². The van der Waals surface area contributed by atoms with Crippen LogP contribution >= 0.6 is 11.8 Å². The van der Waals surface area contributed by atoms with Crippen molar-refractivity contribution in [3.05, 3.63) is 29.8 Å². The van der Waals surface area contributed by atoms with Crippen molar-refractivity contribution in [2.45, 2.75) is 12.5 Å². The van der Waals surface area contributed by atoms with Crippen molar-refractivity contribution in [2.24, 2.45) is 5.73 Å². The number of primary amides is 1. The summed E-state index contributed by atoms with van der Waals surface area (Å²) in [4.78, 5) is 22.7. The highest BCUT2D eigenvalue weighted by atomic mass is 32.2. The molecule has 1 heterocycles. The molecule has 1 aliphatic heterocycles. The van der Waals surface area contributed by atoms with Gasteiger partial charge in [-0.1, -0.05) is 6.07 Å². The molecule has 0 bridgehead atoms. The third kappa shape index (κ3) is 3.40. The van der Waals surface area contributed by atoms with Gasteiger partial charge in [0.25, 0.3) is 5.91 Å². The second-order valence-corrected chi connectivity index (χ2v) is 5.25. The first kappa shape index (κ1) is 12.8. The highest BCUT2D eigenvalue weighted by Gasteiger charge is 2.18. The summed E-state index contributed by atoms with van der Waals surface area (Å²) in [6, 6.07) is 6.33. The molecule has 6 heteroatoms. The molecule has 1 unspecified atom stereocenters. The van der Waals surface area contributed by atoms with E-state index in [1.165, 1.54) is 0 Å². The number of hydrogen-bond acceptors (Lipinski definition) is 3. The molecule has 3 amide bonds. The summed E-state index contributed by atoms with van der Waals surface area (Å²) in [7, 11) is 0. The van der Waals surface area contributed by atoms with Crippen LogP contribution in [-0.2, 0) is 0 Å². The maximum Gasteiger partial charge on any atom is 0.316 e. The van der Waals surface area contributed by atoms with Gasteiger partial charge in [-0.05, 0) is 30.4 Å². The lowest BCUT2D eigenvalue weighted by atomic mass is 10.1. The van der Waals surface area contributed by atoms with Crippen LogP contribution in [0.25, 0.3) is 0 Å². The van der Waals surface area contributed by atoms with Gasteiger partial charge >= 0.3 is 6.03 Å². The van der Waals surface area contributed by atoms with Gasteiger partial charge in [-0.3, -0.25) is 4.79 Å². The van der Waals surface area contributed by atoms with Crippen LogP contribution in [-0.4, -0.2) is 29.5 Å². The number of nitrogens with two attached hydrogens (primary N) is 1. The molecule has 1 aromatic carbocycles. The Balaban J connectivity index is 2.02. The second kappa shape index (κ2) is 5.77. The molecule has 1 aromatic rings. The van der Waals surface area contributed by atoms with E-state index in [1.54, 1.807) is 24.3 Å². The predicted molar refractivity (Wildman–Crippen MR) is 72.8 cm³/mol. The number of anilines is 1. The minimum absolute atomic E-state index is 0.115. The summed E-state index contributed by atoms with van der Waals surface area (Å²) in [5, 5.41) is 5.42. The Hall–Kier alpha value is -1.69. The number of rotatable bonds is 3. The molecule has 0 aliphatic carbocycles. The summed E-state index contributed by atoms with van der Waals surface area (Å²) in [5.74, 6) is 1.94. The molecular formula is C12H15N3O2S. The summed E-state index contributed by atoms with van der Waals surface area (Å²) in [5.41, 5.74) is 6.08. The van der Waals surface area contributed by atoms with E-state index in [9.17, 15) is 9.59 Å². The quantitative estimate of drug-likeness (QED) is 0.772. The first-order valence-corrected chi connectivity index (χ1v) is 6.86. The molecule has 0 aromatic heterocycles. The standard InChI is InChI=1S/C12H15N3O2S/c13-12(17)15-9-3-1-2-8(6-9)11(16)14-10-4-5-18-7-10/h1-3,6,10H,4-5,7H2,(H,14,16)(H3,13,15,17). The summed E-state index contributed by atoms with van der Waals surface area (Å²) < 4.78 is 0. The topological polar surface area (TPSA) is 84.2 Å². The van der Waals surface area contributed by atoms with E-state index < -0.39 is 6.03 Å². The molecule has 4 N–H and O–H groups in total. The van der Waals surface area contributed by atoms with Gasteiger partial charge in [-0.25, -0.2) is 4.79 Å². The van der Waals surface area contributed by atoms with E-state index >= 15 is 0 Å². The Morgan fingerprint density at radius 2 is 2.22 bits per heavy atom. The van der Waals surface area contributed by atoms with E-state index in [0.29, 0.717) is 11.3 Å². The number of thioether (sulfide) groups is 1. The highest BCUT2D eigenvalue weighted by molar-refractivity contribution is 7.99. The average Bonchev–Trinajstić information content (AvgIpc) is 2.81. The van der Waals surface area contributed by atoms with Crippen molar-refractivity contribution in [2.75, 3.05) is 16.8 Å². The number of carbonyl (C=O) groups excluding carboxylic acids is 2. The molecule has 0 saturated carbocycles. The van der Waals surface area contributed by atoms with Crippen LogP contribution in [0, 0.1) is 0 Å². The maximum atomic E-state index is 12.0. The maximum absolute atomic E-state index is 12.0. The molecule has 1 aliphatic rings. The van der Waals surface area contributed by atoms with E-state index in [0.717, 1.165) is 17.9 Å². The normalized spacial score (nSPS) is 18.3. The minimum Gasteiger partial charge on any atom is -0.351 e. The molecule has 5 nitrogen and oxygen atoms in total. The van der Waals surface area contributed by atoms with Gasteiger partial charge in [0, 0.05) is 23.0 Å². The van der Waals surface area contributed by atoms with Crippen LogP contribution in [0.1, 0.15) is 16.8 Å². The smallest absolute Gasteiger partial charge is 0.316 e. The van der Waals surface area contributed by atoms with Gasteiger partial charge in [-0.2, -0.15) is 11.8 Å². The lowest BCUT2D eigenvalue weighted by Gasteiger charge is -2.11. The number of hydrogen-bond donors (Lipinski definition) is 3. The van der Waals surface area contributed by atoms with Gasteiger partial charge in [0.15, 0.2) is 0 Å². The van der Waals surface area contributed by atoms with Crippen LogP contribution in [0.4, 0.5) is 10.5 Å². The van der Waals surface area contributed by atoms with E-state index in [-0.39, 0.29) is 11.9 Å². The molecule has 1 atom stereocenters. The molecule has 2 rings (SSSR count). The number of urea groups is 1. The molecule has 1 fully saturated rings. The van der Waals surface area contributed by atoms with Crippen LogP contribution in [0.15, 0.2) is 24.3 Å². The number of benzene rings is 1. The zero-order chi connectivity index (χ0) is 13.0. The van der Waals surface area contributed by atoms with Gasteiger partial charge in [0.05, 0.1) is 0 Å². The van der Waals surface area contributed by atoms with Crippen LogP contribution < -0.4 is 16.4 Å². The SMILES string of the molecule is NC(=O)Nc1cccc(C(=O)NC2CCSC2)c1. The first-order valence-electron chi connectivity index (χ1n) is 5.70. The Bertz CT molecular complexity index is 458. The zero-order valence-electron chi connectivity index (χ0n) is 9.81. The monoisotopic (exact) mass is 265 g/mol. The number of amides is 3. The van der Waals surface area contributed by atoms with Crippen LogP contribution in [0.3, 0.4) is 0 Å². The summed E-state index contributed by atoms with van der Waals surface area (Å²) >= 11 is 1.84. The van der Waals surface area contributed by atoms with Crippen molar-refractivity contribution in [3.8, 4) is 0 Å². The van der Waals surface area contributed by atoms with Gasteiger partial charge in [0.1, 0.15) is 0 Å². The number of carbonyl (C=O) groups is 2. The second-order valence-electron chi connectivity index (χ2n) is 4.10. The Morgan fingerprint density at radius 1 is 1.39 bits per heavy atom. The third-order valence-electron chi connectivity index (χ3n) is 2.66. The van der Waals surface area contributed by atoms with Crippen molar-refractivity contribution < 1.29 is 9.59 Å².